The molecule has 0 atom stereocenters. The number of hydrogen-bond acceptors (Lipinski definition) is 5. The zero-order valence-corrected chi connectivity index (χ0v) is 17.4. The molecule has 0 aliphatic rings. The number of halogens is 1. The lowest BCUT2D eigenvalue weighted by Crippen LogP contribution is -2.17. The summed E-state index contributed by atoms with van der Waals surface area (Å²) in [6.07, 6.45) is 4.63. The molecular formula is C22H20BrN3O3. The number of hydrazone groups is 1. The van der Waals surface area contributed by atoms with Gasteiger partial charge in [-0.15, -0.1) is 0 Å². The van der Waals surface area contributed by atoms with Gasteiger partial charge in [-0.3, -0.25) is 9.78 Å². The van der Waals surface area contributed by atoms with E-state index in [1.54, 1.807) is 24.5 Å². The molecule has 0 spiro atoms. The maximum Gasteiger partial charge on any atom is 0.272 e. The molecule has 6 nitrogen and oxygen atoms in total. The van der Waals surface area contributed by atoms with E-state index in [-0.39, 0.29) is 5.91 Å². The van der Waals surface area contributed by atoms with Crippen LogP contribution in [0, 0.1) is 0 Å². The van der Waals surface area contributed by atoms with Crippen molar-refractivity contribution < 1.29 is 14.3 Å². The van der Waals surface area contributed by atoms with Crippen molar-refractivity contribution in [2.45, 2.75) is 13.5 Å². The highest BCUT2D eigenvalue weighted by Gasteiger charge is 2.12. The van der Waals surface area contributed by atoms with Crippen molar-refractivity contribution in [3.05, 3.63) is 88.2 Å². The van der Waals surface area contributed by atoms with Crippen molar-refractivity contribution in [1.29, 1.82) is 0 Å². The molecule has 1 N–H and O–H groups in total. The Hall–Kier alpha value is -3.19. The van der Waals surface area contributed by atoms with Crippen molar-refractivity contribution in [3.63, 3.8) is 0 Å². The Morgan fingerprint density at radius 3 is 2.72 bits per heavy atom. The Labute approximate surface area is 177 Å². The minimum atomic E-state index is -0.332. The fourth-order valence-electron chi connectivity index (χ4n) is 2.52. The van der Waals surface area contributed by atoms with Gasteiger partial charge in [0.1, 0.15) is 6.61 Å². The van der Waals surface area contributed by atoms with Gasteiger partial charge in [-0.1, -0.05) is 30.3 Å². The number of amides is 1. The first-order chi connectivity index (χ1) is 14.2. The summed E-state index contributed by atoms with van der Waals surface area (Å²) < 4.78 is 12.4. The summed E-state index contributed by atoms with van der Waals surface area (Å²) in [6.45, 7) is 2.82. The molecule has 1 heterocycles. The van der Waals surface area contributed by atoms with Crippen molar-refractivity contribution in [2.75, 3.05) is 6.61 Å². The number of benzene rings is 2. The van der Waals surface area contributed by atoms with Crippen LogP contribution >= 0.6 is 15.9 Å². The van der Waals surface area contributed by atoms with E-state index >= 15 is 0 Å². The van der Waals surface area contributed by atoms with Gasteiger partial charge in [0.15, 0.2) is 11.5 Å². The number of carbonyl (C=O) groups excluding carboxylic acids is 1. The Balaban J connectivity index is 1.72. The third kappa shape index (κ3) is 5.89. The van der Waals surface area contributed by atoms with Gasteiger partial charge in [0.05, 0.1) is 22.9 Å². The summed E-state index contributed by atoms with van der Waals surface area (Å²) in [6, 6.07) is 16.9. The molecule has 3 aromatic rings. The summed E-state index contributed by atoms with van der Waals surface area (Å²) >= 11 is 3.54. The Bertz CT molecular complexity index is 979. The molecular weight excluding hydrogens is 434 g/mol. The second-order valence-electron chi connectivity index (χ2n) is 5.98. The highest BCUT2D eigenvalue weighted by atomic mass is 79.9. The molecule has 1 amide bonds. The van der Waals surface area contributed by atoms with Crippen LogP contribution in [-0.2, 0) is 6.61 Å². The summed E-state index contributed by atoms with van der Waals surface area (Å²) in [5.74, 6) is 0.881. The molecule has 0 bridgehead atoms. The SMILES string of the molecule is CCOc1cc(/C=N/NC(=O)c2cccnc2)cc(Br)c1OCc1ccccc1. The number of rotatable bonds is 8. The van der Waals surface area contributed by atoms with E-state index in [0.717, 1.165) is 15.6 Å². The van der Waals surface area contributed by atoms with Crippen LogP contribution in [0.2, 0.25) is 0 Å². The molecule has 0 unspecified atom stereocenters. The largest absolute Gasteiger partial charge is 0.490 e. The first kappa shape index (κ1) is 20.5. The smallest absolute Gasteiger partial charge is 0.272 e. The van der Waals surface area contributed by atoms with Crippen LogP contribution in [0.4, 0.5) is 0 Å². The lowest BCUT2D eigenvalue weighted by molar-refractivity contribution is 0.0955. The number of ether oxygens (including phenoxy) is 2. The predicted molar refractivity (Wildman–Crippen MR) is 115 cm³/mol. The number of nitrogens with zero attached hydrogens (tertiary/aromatic N) is 2. The topological polar surface area (TPSA) is 72.8 Å². The lowest BCUT2D eigenvalue weighted by Gasteiger charge is -2.14. The highest BCUT2D eigenvalue weighted by Crippen LogP contribution is 2.37. The van der Waals surface area contributed by atoms with Crippen LogP contribution in [0.3, 0.4) is 0 Å². The van der Waals surface area contributed by atoms with E-state index in [2.05, 4.69) is 31.4 Å². The summed E-state index contributed by atoms with van der Waals surface area (Å²) in [7, 11) is 0. The highest BCUT2D eigenvalue weighted by molar-refractivity contribution is 9.10. The molecule has 7 heteroatoms. The van der Waals surface area contributed by atoms with Crippen LogP contribution in [0.15, 0.2) is 76.6 Å². The molecule has 0 aliphatic heterocycles. The van der Waals surface area contributed by atoms with Gasteiger partial charge in [0.2, 0.25) is 0 Å². The lowest BCUT2D eigenvalue weighted by atomic mass is 10.2. The fraction of sp³-hybridized carbons (Fsp3) is 0.136. The van der Waals surface area contributed by atoms with E-state index in [1.807, 2.05) is 49.4 Å². The normalized spacial score (nSPS) is 10.7. The monoisotopic (exact) mass is 453 g/mol. The average molecular weight is 454 g/mol. The van der Waals surface area contributed by atoms with Crippen LogP contribution in [-0.4, -0.2) is 23.7 Å². The molecule has 148 valence electrons. The summed E-state index contributed by atoms with van der Waals surface area (Å²) in [4.78, 5) is 15.9. The number of pyridine rings is 1. The number of carbonyl (C=O) groups is 1. The van der Waals surface area contributed by atoms with Crippen LogP contribution < -0.4 is 14.9 Å². The maximum atomic E-state index is 12.0. The second-order valence-corrected chi connectivity index (χ2v) is 6.83. The van der Waals surface area contributed by atoms with Crippen molar-refractivity contribution in [1.82, 2.24) is 10.4 Å². The van der Waals surface area contributed by atoms with Gasteiger partial charge < -0.3 is 9.47 Å². The Kier molecular flexibility index (Phi) is 7.35. The maximum absolute atomic E-state index is 12.0. The third-order valence-electron chi connectivity index (χ3n) is 3.86. The zero-order valence-electron chi connectivity index (χ0n) is 15.8. The van der Waals surface area contributed by atoms with Gasteiger partial charge in [-0.2, -0.15) is 5.10 Å². The summed E-state index contributed by atoms with van der Waals surface area (Å²) in [5, 5.41) is 4.01. The van der Waals surface area contributed by atoms with E-state index in [9.17, 15) is 4.79 Å². The third-order valence-corrected chi connectivity index (χ3v) is 4.45. The molecule has 3 rings (SSSR count). The van der Waals surface area contributed by atoms with Crippen molar-refractivity contribution in [3.8, 4) is 11.5 Å². The van der Waals surface area contributed by atoms with Gasteiger partial charge in [-0.25, -0.2) is 5.43 Å². The average Bonchev–Trinajstić information content (AvgIpc) is 2.74. The second kappa shape index (κ2) is 10.4. The minimum absolute atomic E-state index is 0.332. The quantitative estimate of drug-likeness (QED) is 0.399. The molecule has 0 aliphatic carbocycles. The Morgan fingerprint density at radius 1 is 1.17 bits per heavy atom. The first-order valence-corrected chi connectivity index (χ1v) is 9.83. The number of hydrogen-bond donors (Lipinski definition) is 1. The Morgan fingerprint density at radius 2 is 2.00 bits per heavy atom. The molecule has 0 saturated carbocycles. The van der Waals surface area contributed by atoms with Crippen LogP contribution in [0.5, 0.6) is 11.5 Å². The molecule has 1 aromatic heterocycles. The van der Waals surface area contributed by atoms with Crippen molar-refractivity contribution in [2.24, 2.45) is 5.10 Å². The molecule has 2 aromatic carbocycles. The van der Waals surface area contributed by atoms with Gasteiger partial charge in [-0.05, 0) is 58.2 Å². The molecule has 29 heavy (non-hydrogen) atoms. The van der Waals surface area contributed by atoms with E-state index in [0.29, 0.717) is 30.3 Å². The minimum Gasteiger partial charge on any atom is -0.490 e. The van der Waals surface area contributed by atoms with Gasteiger partial charge in [0.25, 0.3) is 5.91 Å². The molecule has 0 radical (unpaired) electrons. The fourth-order valence-corrected chi connectivity index (χ4v) is 3.10. The zero-order chi connectivity index (χ0) is 20.5. The number of aromatic nitrogens is 1. The standard InChI is InChI=1S/C22H20BrN3O3/c1-2-28-20-12-17(13-25-26-22(27)18-9-6-10-24-14-18)11-19(23)21(20)29-15-16-7-4-3-5-8-16/h3-14H,2,15H2,1H3,(H,26,27)/b25-13+. The van der Waals surface area contributed by atoms with Crippen LogP contribution in [0.25, 0.3) is 0 Å². The predicted octanol–water partition coefficient (Wildman–Crippen LogP) is 4.59. The van der Waals surface area contributed by atoms with Gasteiger partial charge >= 0.3 is 0 Å². The molecule has 0 fully saturated rings. The van der Waals surface area contributed by atoms with E-state index in [4.69, 9.17) is 9.47 Å². The summed E-state index contributed by atoms with van der Waals surface area (Å²) in [5.41, 5.74) is 4.73. The van der Waals surface area contributed by atoms with E-state index in [1.165, 1.54) is 6.20 Å². The molecule has 0 saturated heterocycles. The van der Waals surface area contributed by atoms with Gasteiger partial charge in [0, 0.05) is 12.4 Å². The first-order valence-electron chi connectivity index (χ1n) is 9.04. The number of nitrogens with one attached hydrogen (secondary N) is 1. The van der Waals surface area contributed by atoms with Crippen LogP contribution in [0.1, 0.15) is 28.4 Å². The van der Waals surface area contributed by atoms with Crippen molar-refractivity contribution >= 4 is 28.1 Å². The van der Waals surface area contributed by atoms with E-state index < -0.39 is 0 Å².